The molecule has 1 N–H and O–H groups in total. The molecular formula is C19H30O2. The molecule has 0 aromatic heterocycles. The first-order valence-corrected chi connectivity index (χ1v) is 8.33. The molecule has 2 nitrogen and oxygen atoms in total. The Hall–Kier alpha value is -1.02. The summed E-state index contributed by atoms with van der Waals surface area (Å²) in [6.07, 6.45) is 4.28. The van der Waals surface area contributed by atoms with Crippen LogP contribution in [0.1, 0.15) is 65.0 Å². The summed E-state index contributed by atoms with van der Waals surface area (Å²) in [5.74, 6) is 1.98. The number of benzene rings is 1. The van der Waals surface area contributed by atoms with E-state index in [4.69, 9.17) is 4.74 Å². The summed E-state index contributed by atoms with van der Waals surface area (Å²) in [4.78, 5) is 0. The van der Waals surface area contributed by atoms with Crippen molar-refractivity contribution in [1.82, 2.24) is 0 Å². The number of ether oxygens (including phenoxy) is 1. The van der Waals surface area contributed by atoms with Gasteiger partial charge in [-0.15, -0.1) is 0 Å². The van der Waals surface area contributed by atoms with Crippen molar-refractivity contribution in [1.29, 1.82) is 0 Å². The maximum atomic E-state index is 10.8. The van der Waals surface area contributed by atoms with Gasteiger partial charge in [0.05, 0.1) is 12.7 Å². The summed E-state index contributed by atoms with van der Waals surface area (Å²) in [7, 11) is 0. The Morgan fingerprint density at radius 3 is 2.33 bits per heavy atom. The second kappa shape index (κ2) is 6.83. The molecule has 118 valence electrons. The maximum absolute atomic E-state index is 10.8. The molecule has 0 amide bonds. The number of aliphatic hydroxyl groups excluding tert-OH is 1. The Morgan fingerprint density at radius 2 is 1.76 bits per heavy atom. The van der Waals surface area contributed by atoms with E-state index in [1.807, 2.05) is 31.2 Å². The van der Waals surface area contributed by atoms with Crippen LogP contribution in [0.5, 0.6) is 5.75 Å². The molecule has 1 aliphatic rings. The van der Waals surface area contributed by atoms with Gasteiger partial charge in [0.15, 0.2) is 0 Å². The minimum Gasteiger partial charge on any atom is -0.493 e. The van der Waals surface area contributed by atoms with E-state index in [2.05, 4.69) is 20.8 Å². The van der Waals surface area contributed by atoms with Gasteiger partial charge in [0, 0.05) is 5.56 Å². The zero-order valence-corrected chi connectivity index (χ0v) is 13.9. The molecule has 21 heavy (non-hydrogen) atoms. The SMILES string of the molecule is CCOc1ccccc1C(O)C1CCC(C(C)(C)C)CC1. The molecule has 0 saturated heterocycles. The van der Waals surface area contributed by atoms with Gasteiger partial charge in [0.1, 0.15) is 5.75 Å². The monoisotopic (exact) mass is 290 g/mol. The Kier molecular flexibility index (Phi) is 5.32. The zero-order chi connectivity index (χ0) is 15.5. The van der Waals surface area contributed by atoms with Gasteiger partial charge in [0.2, 0.25) is 0 Å². The van der Waals surface area contributed by atoms with Gasteiger partial charge in [-0.2, -0.15) is 0 Å². The van der Waals surface area contributed by atoms with Crippen LogP contribution in [0.25, 0.3) is 0 Å². The average Bonchev–Trinajstić information content (AvgIpc) is 2.47. The topological polar surface area (TPSA) is 29.5 Å². The van der Waals surface area contributed by atoms with Gasteiger partial charge in [-0.05, 0) is 55.9 Å². The number of aliphatic hydroxyl groups is 1. The van der Waals surface area contributed by atoms with Crippen LogP contribution >= 0.6 is 0 Å². The molecule has 0 heterocycles. The van der Waals surface area contributed by atoms with Crippen LogP contribution < -0.4 is 4.74 Å². The number of para-hydroxylation sites is 1. The van der Waals surface area contributed by atoms with Crippen LogP contribution in [-0.2, 0) is 0 Å². The molecule has 1 saturated carbocycles. The molecule has 2 rings (SSSR count). The molecule has 1 aromatic carbocycles. The highest BCUT2D eigenvalue weighted by atomic mass is 16.5. The van der Waals surface area contributed by atoms with Crippen molar-refractivity contribution in [2.75, 3.05) is 6.61 Å². The van der Waals surface area contributed by atoms with E-state index in [9.17, 15) is 5.11 Å². The number of hydrogen-bond donors (Lipinski definition) is 1. The number of hydrogen-bond acceptors (Lipinski definition) is 2. The lowest BCUT2D eigenvalue weighted by molar-refractivity contribution is 0.0510. The molecule has 0 bridgehead atoms. The highest BCUT2D eigenvalue weighted by Gasteiger charge is 2.33. The molecule has 1 aromatic rings. The molecular weight excluding hydrogens is 260 g/mol. The van der Waals surface area contributed by atoms with E-state index < -0.39 is 6.10 Å². The van der Waals surface area contributed by atoms with Crippen molar-refractivity contribution in [2.24, 2.45) is 17.3 Å². The summed E-state index contributed by atoms with van der Waals surface area (Å²) in [6, 6.07) is 7.92. The van der Waals surface area contributed by atoms with Crippen molar-refractivity contribution in [3.8, 4) is 5.75 Å². The normalized spacial score (nSPS) is 24.6. The Balaban J connectivity index is 2.04. The lowest BCUT2D eigenvalue weighted by Gasteiger charge is -2.38. The molecule has 0 aliphatic heterocycles. The summed E-state index contributed by atoms with van der Waals surface area (Å²) in [5, 5.41) is 10.8. The lowest BCUT2D eigenvalue weighted by atomic mass is 9.68. The van der Waals surface area contributed by atoms with Gasteiger partial charge in [-0.3, -0.25) is 0 Å². The van der Waals surface area contributed by atoms with Gasteiger partial charge < -0.3 is 9.84 Å². The van der Waals surface area contributed by atoms with E-state index in [1.165, 1.54) is 12.8 Å². The Labute approximate surface area is 129 Å². The van der Waals surface area contributed by atoms with E-state index in [0.29, 0.717) is 17.9 Å². The lowest BCUT2D eigenvalue weighted by Crippen LogP contribution is -2.28. The quantitative estimate of drug-likeness (QED) is 0.848. The molecule has 1 unspecified atom stereocenters. The summed E-state index contributed by atoms with van der Waals surface area (Å²) in [6.45, 7) is 9.62. The molecule has 0 spiro atoms. The van der Waals surface area contributed by atoms with Crippen LogP contribution in [0.15, 0.2) is 24.3 Å². The first-order valence-electron chi connectivity index (χ1n) is 8.33. The Bertz CT molecular complexity index is 439. The van der Waals surface area contributed by atoms with Crippen LogP contribution in [0.2, 0.25) is 0 Å². The van der Waals surface area contributed by atoms with Gasteiger partial charge in [0.25, 0.3) is 0 Å². The third kappa shape index (κ3) is 4.00. The standard InChI is InChI=1S/C19H30O2/c1-5-21-17-9-7-6-8-16(17)18(20)14-10-12-15(13-11-14)19(2,3)4/h6-9,14-15,18,20H,5,10-13H2,1-4H3. The van der Waals surface area contributed by atoms with Crippen molar-refractivity contribution < 1.29 is 9.84 Å². The fraction of sp³-hybridized carbons (Fsp3) is 0.684. The van der Waals surface area contributed by atoms with Crippen LogP contribution in [0, 0.1) is 17.3 Å². The maximum Gasteiger partial charge on any atom is 0.125 e. The minimum absolute atomic E-state index is 0.366. The second-order valence-electron chi connectivity index (χ2n) is 7.39. The first kappa shape index (κ1) is 16.4. The van der Waals surface area contributed by atoms with Crippen LogP contribution in [0.3, 0.4) is 0 Å². The highest BCUT2D eigenvalue weighted by molar-refractivity contribution is 5.35. The van der Waals surface area contributed by atoms with E-state index in [1.54, 1.807) is 0 Å². The predicted molar refractivity (Wildman–Crippen MR) is 87.5 cm³/mol. The van der Waals surface area contributed by atoms with Crippen molar-refractivity contribution in [2.45, 2.75) is 59.5 Å². The highest BCUT2D eigenvalue weighted by Crippen LogP contribution is 2.44. The predicted octanol–water partition coefficient (Wildman–Crippen LogP) is 4.97. The zero-order valence-electron chi connectivity index (χ0n) is 13.9. The third-order valence-electron chi connectivity index (χ3n) is 4.98. The van der Waals surface area contributed by atoms with Crippen LogP contribution in [-0.4, -0.2) is 11.7 Å². The van der Waals surface area contributed by atoms with Gasteiger partial charge in [-0.1, -0.05) is 39.0 Å². The fourth-order valence-electron chi connectivity index (χ4n) is 3.57. The minimum atomic E-state index is -0.395. The second-order valence-corrected chi connectivity index (χ2v) is 7.39. The van der Waals surface area contributed by atoms with E-state index in [-0.39, 0.29) is 0 Å². The molecule has 0 radical (unpaired) electrons. The molecule has 1 aliphatic carbocycles. The molecule has 1 fully saturated rings. The summed E-state index contributed by atoms with van der Waals surface area (Å²) < 4.78 is 5.66. The van der Waals surface area contributed by atoms with E-state index >= 15 is 0 Å². The molecule has 1 atom stereocenters. The number of rotatable bonds is 4. The smallest absolute Gasteiger partial charge is 0.125 e. The van der Waals surface area contributed by atoms with Gasteiger partial charge >= 0.3 is 0 Å². The van der Waals surface area contributed by atoms with Crippen molar-refractivity contribution >= 4 is 0 Å². The largest absolute Gasteiger partial charge is 0.493 e. The van der Waals surface area contributed by atoms with Gasteiger partial charge in [-0.25, -0.2) is 0 Å². The Morgan fingerprint density at radius 1 is 1.14 bits per heavy atom. The van der Waals surface area contributed by atoms with E-state index in [0.717, 1.165) is 30.1 Å². The van der Waals surface area contributed by atoms with Crippen molar-refractivity contribution in [3.63, 3.8) is 0 Å². The summed E-state index contributed by atoms with van der Waals surface area (Å²) in [5.41, 5.74) is 1.35. The fourth-order valence-corrected chi connectivity index (χ4v) is 3.57. The molecule has 2 heteroatoms. The third-order valence-corrected chi connectivity index (χ3v) is 4.98. The summed E-state index contributed by atoms with van der Waals surface area (Å²) >= 11 is 0. The van der Waals surface area contributed by atoms with Crippen LogP contribution in [0.4, 0.5) is 0 Å². The van der Waals surface area contributed by atoms with Crippen molar-refractivity contribution in [3.05, 3.63) is 29.8 Å². The average molecular weight is 290 g/mol. The first-order chi connectivity index (χ1) is 9.93.